The van der Waals surface area contributed by atoms with Crippen LogP contribution in [0, 0.1) is 0 Å². The number of ether oxygens (including phenoxy) is 2. The van der Waals surface area contributed by atoms with Crippen LogP contribution in [-0.4, -0.2) is 57.3 Å². The zero-order chi connectivity index (χ0) is 22.0. The maximum absolute atomic E-state index is 12.8. The molecule has 1 N–H and O–H groups in total. The van der Waals surface area contributed by atoms with Gasteiger partial charge in [-0.1, -0.05) is 26.0 Å². The van der Waals surface area contributed by atoms with Crippen molar-refractivity contribution in [2.24, 2.45) is 0 Å². The molecule has 0 amide bonds. The topological polar surface area (TPSA) is 76.8 Å². The van der Waals surface area contributed by atoms with Crippen molar-refractivity contribution < 1.29 is 18.3 Å². The van der Waals surface area contributed by atoms with E-state index in [4.69, 9.17) is 4.74 Å². The Morgan fingerprint density at radius 1 is 1.13 bits per heavy atom. The normalized spacial score (nSPS) is 15.7. The van der Waals surface area contributed by atoms with Crippen LogP contribution in [0.5, 0.6) is 11.8 Å². The molecule has 2 aromatic heterocycles. The lowest BCUT2D eigenvalue weighted by Gasteiger charge is -2.28. The summed E-state index contributed by atoms with van der Waals surface area (Å²) in [5.41, 5.74) is 1.90. The summed E-state index contributed by atoms with van der Waals surface area (Å²) in [6.07, 6.45) is 3.52. The molecule has 0 atom stereocenters. The quantitative estimate of drug-likeness (QED) is 0.603. The third-order valence-corrected chi connectivity index (χ3v) is 5.28. The number of piperidine rings is 1. The predicted octanol–water partition coefficient (Wildman–Crippen LogP) is 4.07. The van der Waals surface area contributed by atoms with Gasteiger partial charge in [0.1, 0.15) is 11.9 Å². The molecule has 10 heteroatoms. The Kier molecular flexibility index (Phi) is 6.17. The first-order valence-corrected chi connectivity index (χ1v) is 10.3. The predicted molar refractivity (Wildman–Crippen MR) is 112 cm³/mol. The van der Waals surface area contributed by atoms with Crippen LogP contribution in [0.1, 0.15) is 38.2 Å². The maximum atomic E-state index is 12.8. The lowest BCUT2D eigenvalue weighted by molar-refractivity contribution is -0.0493. The van der Waals surface area contributed by atoms with Gasteiger partial charge in [-0.2, -0.15) is 28.4 Å². The molecule has 0 saturated carbocycles. The number of nitrogens with one attached hydrogen (secondary N) is 1. The van der Waals surface area contributed by atoms with Crippen LogP contribution in [0.3, 0.4) is 0 Å². The van der Waals surface area contributed by atoms with E-state index in [2.05, 4.69) is 50.9 Å². The van der Waals surface area contributed by atoms with Crippen LogP contribution in [0.25, 0.3) is 5.65 Å². The van der Waals surface area contributed by atoms with Crippen LogP contribution >= 0.6 is 0 Å². The van der Waals surface area contributed by atoms with Gasteiger partial charge < -0.3 is 19.7 Å². The lowest BCUT2D eigenvalue weighted by Crippen LogP contribution is -2.36. The van der Waals surface area contributed by atoms with Crippen molar-refractivity contribution >= 4 is 17.3 Å². The number of alkyl halides is 2. The van der Waals surface area contributed by atoms with Gasteiger partial charge in [0.15, 0.2) is 5.65 Å². The van der Waals surface area contributed by atoms with E-state index < -0.39 is 6.61 Å². The van der Waals surface area contributed by atoms with Gasteiger partial charge in [-0.15, -0.1) is 0 Å². The molecule has 4 rings (SSSR count). The zero-order valence-electron chi connectivity index (χ0n) is 17.8. The van der Waals surface area contributed by atoms with E-state index in [0.29, 0.717) is 17.3 Å². The van der Waals surface area contributed by atoms with Crippen molar-refractivity contribution in [3.8, 4) is 11.8 Å². The number of hydrogen-bond acceptors (Lipinski definition) is 7. The highest BCUT2D eigenvalue weighted by atomic mass is 19.3. The Bertz CT molecular complexity index is 1030. The highest BCUT2D eigenvalue weighted by Crippen LogP contribution is 2.30. The number of nitrogens with zero attached hydrogens (tertiary/aromatic N) is 5. The second-order valence-electron chi connectivity index (χ2n) is 7.94. The van der Waals surface area contributed by atoms with Crippen molar-refractivity contribution in [3.05, 3.63) is 36.0 Å². The highest BCUT2D eigenvalue weighted by molar-refractivity contribution is 5.64. The van der Waals surface area contributed by atoms with E-state index in [-0.39, 0.29) is 23.8 Å². The fourth-order valence-corrected chi connectivity index (χ4v) is 3.56. The molecule has 0 bridgehead atoms. The van der Waals surface area contributed by atoms with Crippen molar-refractivity contribution in [3.63, 3.8) is 0 Å². The first-order valence-electron chi connectivity index (χ1n) is 10.3. The van der Waals surface area contributed by atoms with Gasteiger partial charge in [-0.25, -0.2) is 0 Å². The Morgan fingerprint density at radius 2 is 1.87 bits per heavy atom. The van der Waals surface area contributed by atoms with Crippen LogP contribution in [0.15, 0.2) is 30.5 Å². The smallest absolute Gasteiger partial charge is 0.387 e. The minimum atomic E-state index is -2.94. The molecule has 1 aromatic carbocycles. The maximum Gasteiger partial charge on any atom is 0.387 e. The summed E-state index contributed by atoms with van der Waals surface area (Å²) in [7, 11) is 2.08. The molecule has 1 saturated heterocycles. The fraction of sp³-hybridized carbons (Fsp3) is 0.476. The zero-order valence-corrected chi connectivity index (χ0v) is 17.8. The average Bonchev–Trinajstić information content (AvgIpc) is 3.15. The molecule has 31 heavy (non-hydrogen) atoms. The van der Waals surface area contributed by atoms with E-state index in [1.165, 1.54) is 6.07 Å². The summed E-state index contributed by atoms with van der Waals surface area (Å²) in [6, 6.07) is 6.68. The molecule has 0 spiro atoms. The molecule has 1 aliphatic heterocycles. The highest BCUT2D eigenvalue weighted by Gasteiger charge is 2.22. The summed E-state index contributed by atoms with van der Waals surface area (Å²) in [5.74, 6) is 0.509. The van der Waals surface area contributed by atoms with Gasteiger partial charge >= 0.3 is 12.6 Å². The van der Waals surface area contributed by atoms with Crippen molar-refractivity contribution in [1.29, 1.82) is 0 Å². The van der Waals surface area contributed by atoms with E-state index in [0.717, 1.165) is 31.5 Å². The number of aromatic nitrogens is 4. The Labute approximate surface area is 179 Å². The SMILES string of the molecule is CC(C)c1cnn2c(Nc3ccccc3OC(F)F)nc(OC3CCN(C)CC3)nc12. The largest absolute Gasteiger partial charge is 0.460 e. The Morgan fingerprint density at radius 3 is 2.58 bits per heavy atom. The van der Waals surface area contributed by atoms with Gasteiger partial charge in [0.25, 0.3) is 0 Å². The van der Waals surface area contributed by atoms with E-state index >= 15 is 0 Å². The number of halogens is 2. The lowest BCUT2D eigenvalue weighted by atomic mass is 10.1. The van der Waals surface area contributed by atoms with Crippen LogP contribution in [0.2, 0.25) is 0 Å². The third-order valence-electron chi connectivity index (χ3n) is 5.28. The van der Waals surface area contributed by atoms with Crippen molar-refractivity contribution in [2.75, 3.05) is 25.5 Å². The van der Waals surface area contributed by atoms with E-state index in [1.807, 2.05) is 0 Å². The van der Waals surface area contributed by atoms with Crippen LogP contribution in [-0.2, 0) is 0 Å². The molecule has 8 nitrogen and oxygen atoms in total. The van der Waals surface area contributed by atoms with Gasteiger partial charge in [-0.05, 0) is 37.9 Å². The van der Waals surface area contributed by atoms with Gasteiger partial charge in [0.2, 0.25) is 5.95 Å². The average molecular weight is 432 g/mol. The molecule has 1 fully saturated rings. The standard InChI is InChI=1S/C21H26F2N6O2/c1-13(2)15-12-24-29-18(15)26-21(30-14-8-10-28(3)11-9-14)27-20(29)25-16-6-4-5-7-17(16)31-19(22)23/h4-7,12-14,19H,8-11H2,1-3H3,(H,25,26,27). The summed E-state index contributed by atoms with van der Waals surface area (Å²) in [4.78, 5) is 11.4. The monoisotopic (exact) mass is 432 g/mol. The molecular weight excluding hydrogens is 406 g/mol. The Hall–Kier alpha value is -3.01. The molecule has 3 heterocycles. The van der Waals surface area contributed by atoms with E-state index in [1.54, 1.807) is 28.9 Å². The van der Waals surface area contributed by atoms with Gasteiger partial charge in [-0.3, -0.25) is 0 Å². The van der Waals surface area contributed by atoms with E-state index in [9.17, 15) is 8.78 Å². The fourth-order valence-electron chi connectivity index (χ4n) is 3.56. The number of fused-ring (bicyclic) bond motifs is 1. The molecule has 166 valence electrons. The second kappa shape index (κ2) is 9.01. The number of hydrogen-bond donors (Lipinski definition) is 1. The molecule has 0 aliphatic carbocycles. The van der Waals surface area contributed by atoms with Crippen molar-refractivity contribution in [2.45, 2.75) is 45.3 Å². The van der Waals surface area contributed by atoms with Crippen LogP contribution in [0.4, 0.5) is 20.4 Å². The van der Waals surface area contributed by atoms with Gasteiger partial charge in [0.05, 0.1) is 11.9 Å². The number of rotatable bonds is 7. The summed E-state index contributed by atoms with van der Waals surface area (Å²) in [6.45, 7) is 3.06. The number of likely N-dealkylation sites (tertiary alicyclic amines) is 1. The number of benzene rings is 1. The summed E-state index contributed by atoms with van der Waals surface area (Å²) >= 11 is 0. The second-order valence-corrected chi connectivity index (χ2v) is 7.94. The van der Waals surface area contributed by atoms with Crippen LogP contribution < -0.4 is 14.8 Å². The third kappa shape index (κ3) is 4.84. The molecule has 0 unspecified atom stereocenters. The van der Waals surface area contributed by atoms with Crippen molar-refractivity contribution in [1.82, 2.24) is 24.5 Å². The minimum absolute atomic E-state index is 0.0123. The first kappa shape index (κ1) is 21.2. The van der Waals surface area contributed by atoms with Gasteiger partial charge in [0, 0.05) is 18.7 Å². The number of para-hydroxylation sites is 2. The molecule has 1 aliphatic rings. The summed E-state index contributed by atoms with van der Waals surface area (Å²) < 4.78 is 37.9. The Balaban J connectivity index is 1.70. The molecular formula is C21H26F2N6O2. The molecule has 0 radical (unpaired) electrons. The first-order chi connectivity index (χ1) is 14.9. The molecule has 3 aromatic rings. The summed E-state index contributed by atoms with van der Waals surface area (Å²) in [5, 5.41) is 7.46. The minimum Gasteiger partial charge on any atom is -0.460 e. The number of anilines is 2.